The molecule has 1 heterocycles. The number of nitrogens with two attached hydrogens (primary N) is 1. The summed E-state index contributed by atoms with van der Waals surface area (Å²) >= 11 is 0. The predicted octanol–water partition coefficient (Wildman–Crippen LogP) is 2.41. The zero-order valence-corrected chi connectivity index (χ0v) is 9.88. The average Bonchev–Trinajstić information content (AvgIpc) is 2.49. The number of nitrogens with zero attached hydrogens (tertiary/aromatic N) is 1. The summed E-state index contributed by atoms with van der Waals surface area (Å²) < 4.78 is 0. The van der Waals surface area contributed by atoms with Gasteiger partial charge in [-0.15, -0.1) is 0 Å². The van der Waals surface area contributed by atoms with Gasteiger partial charge in [-0.25, -0.2) is 4.98 Å². The topological polar surface area (TPSA) is 54.7 Å². The maximum atomic E-state index is 6.50. The Balaban J connectivity index is 2.28. The molecule has 0 saturated heterocycles. The second kappa shape index (κ2) is 3.34. The Labute approximate surface area is 91.5 Å². The van der Waals surface area contributed by atoms with Crippen LogP contribution in [-0.4, -0.2) is 9.97 Å². The Morgan fingerprint density at radius 3 is 2.73 bits per heavy atom. The summed E-state index contributed by atoms with van der Waals surface area (Å²) in [5, 5.41) is 0. The van der Waals surface area contributed by atoms with E-state index in [1.165, 1.54) is 6.42 Å². The molecule has 0 aliphatic heterocycles. The standard InChI is InChI=1S/C12H21N3/c1-9-6-11(2,3)8-12(13,7-9)10-14-4-5-15-10/h4-5,9H,6-8,13H2,1-3H3,(H,14,15)/t9-,12-/m0/s1. The van der Waals surface area contributed by atoms with E-state index < -0.39 is 0 Å². The van der Waals surface area contributed by atoms with Crippen LogP contribution in [0.1, 0.15) is 45.9 Å². The molecule has 0 amide bonds. The molecule has 0 unspecified atom stereocenters. The van der Waals surface area contributed by atoms with Crippen LogP contribution in [-0.2, 0) is 5.54 Å². The van der Waals surface area contributed by atoms with Crippen LogP contribution in [0.4, 0.5) is 0 Å². The lowest BCUT2D eigenvalue weighted by molar-refractivity contribution is 0.102. The van der Waals surface area contributed by atoms with Gasteiger partial charge in [-0.2, -0.15) is 0 Å². The molecule has 1 fully saturated rings. The number of nitrogens with one attached hydrogen (secondary N) is 1. The fourth-order valence-electron chi connectivity index (χ4n) is 3.35. The number of hydrogen-bond acceptors (Lipinski definition) is 2. The third-order valence-electron chi connectivity index (χ3n) is 3.38. The molecule has 3 N–H and O–H groups in total. The van der Waals surface area contributed by atoms with E-state index in [0.717, 1.165) is 18.7 Å². The Hall–Kier alpha value is -0.830. The molecule has 0 aromatic carbocycles. The summed E-state index contributed by atoms with van der Waals surface area (Å²) in [5.41, 5.74) is 6.56. The van der Waals surface area contributed by atoms with Gasteiger partial charge in [0.2, 0.25) is 0 Å². The van der Waals surface area contributed by atoms with Crippen molar-refractivity contribution in [3.05, 3.63) is 18.2 Å². The highest BCUT2D eigenvalue weighted by Gasteiger charge is 2.42. The molecule has 3 nitrogen and oxygen atoms in total. The number of hydrogen-bond donors (Lipinski definition) is 2. The third kappa shape index (κ3) is 2.07. The molecule has 1 aliphatic carbocycles. The van der Waals surface area contributed by atoms with Gasteiger partial charge >= 0.3 is 0 Å². The Kier molecular flexibility index (Phi) is 2.38. The third-order valence-corrected chi connectivity index (χ3v) is 3.38. The van der Waals surface area contributed by atoms with Crippen LogP contribution in [0.15, 0.2) is 12.4 Å². The average molecular weight is 207 g/mol. The van der Waals surface area contributed by atoms with E-state index in [1.807, 2.05) is 6.20 Å². The minimum absolute atomic E-state index is 0.259. The van der Waals surface area contributed by atoms with Crippen molar-refractivity contribution in [1.29, 1.82) is 0 Å². The normalized spacial score (nSPS) is 35.3. The number of imidazole rings is 1. The van der Waals surface area contributed by atoms with Gasteiger partial charge in [0.15, 0.2) is 0 Å². The van der Waals surface area contributed by atoms with Gasteiger partial charge in [0.25, 0.3) is 0 Å². The molecule has 15 heavy (non-hydrogen) atoms. The minimum atomic E-state index is -0.259. The summed E-state index contributed by atoms with van der Waals surface area (Å²) in [6.45, 7) is 6.88. The van der Waals surface area contributed by atoms with E-state index in [-0.39, 0.29) is 5.54 Å². The molecule has 1 saturated carbocycles. The van der Waals surface area contributed by atoms with Crippen LogP contribution < -0.4 is 5.73 Å². The summed E-state index contributed by atoms with van der Waals surface area (Å²) in [6.07, 6.45) is 6.95. The number of H-pyrrole nitrogens is 1. The van der Waals surface area contributed by atoms with Gasteiger partial charge in [0.1, 0.15) is 5.82 Å². The van der Waals surface area contributed by atoms with Crippen LogP contribution in [0, 0.1) is 11.3 Å². The van der Waals surface area contributed by atoms with E-state index in [1.54, 1.807) is 6.20 Å². The van der Waals surface area contributed by atoms with Crippen LogP contribution in [0.3, 0.4) is 0 Å². The van der Waals surface area contributed by atoms with Crippen molar-refractivity contribution >= 4 is 0 Å². The number of aromatic amines is 1. The lowest BCUT2D eigenvalue weighted by atomic mass is 9.64. The van der Waals surface area contributed by atoms with Gasteiger partial charge in [-0.05, 0) is 30.6 Å². The zero-order chi connectivity index (χ0) is 11.1. The van der Waals surface area contributed by atoms with Crippen LogP contribution in [0.2, 0.25) is 0 Å². The Morgan fingerprint density at radius 2 is 2.20 bits per heavy atom. The first-order valence-corrected chi connectivity index (χ1v) is 5.70. The second-order valence-electron chi connectivity index (χ2n) is 5.95. The van der Waals surface area contributed by atoms with Gasteiger partial charge in [-0.1, -0.05) is 20.8 Å². The van der Waals surface area contributed by atoms with Crippen LogP contribution in [0.25, 0.3) is 0 Å². The van der Waals surface area contributed by atoms with Crippen molar-refractivity contribution in [2.45, 2.75) is 45.6 Å². The van der Waals surface area contributed by atoms with Crippen molar-refractivity contribution in [2.24, 2.45) is 17.1 Å². The maximum Gasteiger partial charge on any atom is 0.126 e. The Bertz CT molecular complexity index is 329. The summed E-state index contributed by atoms with van der Waals surface area (Å²) in [4.78, 5) is 7.50. The van der Waals surface area contributed by atoms with E-state index in [4.69, 9.17) is 5.73 Å². The maximum absolute atomic E-state index is 6.50. The van der Waals surface area contributed by atoms with Crippen LogP contribution in [0.5, 0.6) is 0 Å². The molecule has 0 spiro atoms. The highest BCUT2D eigenvalue weighted by molar-refractivity contribution is 5.09. The van der Waals surface area contributed by atoms with E-state index in [9.17, 15) is 0 Å². The first-order valence-electron chi connectivity index (χ1n) is 5.70. The van der Waals surface area contributed by atoms with Crippen molar-refractivity contribution in [2.75, 3.05) is 0 Å². The monoisotopic (exact) mass is 207 g/mol. The largest absolute Gasteiger partial charge is 0.347 e. The smallest absolute Gasteiger partial charge is 0.126 e. The fraction of sp³-hybridized carbons (Fsp3) is 0.750. The quantitative estimate of drug-likeness (QED) is 0.743. The molecule has 2 atom stereocenters. The highest BCUT2D eigenvalue weighted by atomic mass is 15.0. The summed E-state index contributed by atoms with van der Waals surface area (Å²) in [5.74, 6) is 1.62. The van der Waals surface area contributed by atoms with Crippen molar-refractivity contribution in [1.82, 2.24) is 9.97 Å². The molecule has 1 aliphatic rings. The van der Waals surface area contributed by atoms with Crippen molar-refractivity contribution < 1.29 is 0 Å². The van der Waals surface area contributed by atoms with Crippen molar-refractivity contribution in [3.63, 3.8) is 0 Å². The highest BCUT2D eigenvalue weighted by Crippen LogP contribution is 2.46. The molecule has 84 valence electrons. The molecule has 0 radical (unpaired) electrons. The fourth-order valence-corrected chi connectivity index (χ4v) is 3.35. The number of rotatable bonds is 1. The van der Waals surface area contributed by atoms with E-state index in [2.05, 4.69) is 30.7 Å². The summed E-state index contributed by atoms with van der Waals surface area (Å²) in [7, 11) is 0. The van der Waals surface area contributed by atoms with E-state index >= 15 is 0 Å². The SMILES string of the molecule is C[C@H]1CC(C)(C)C[C@](N)(c2ncc[nH]2)C1. The molecule has 3 heteroatoms. The number of aromatic nitrogens is 2. The van der Waals surface area contributed by atoms with Crippen LogP contribution >= 0.6 is 0 Å². The molecule has 2 rings (SSSR count). The summed E-state index contributed by atoms with van der Waals surface area (Å²) in [6, 6.07) is 0. The van der Waals surface area contributed by atoms with Gasteiger partial charge < -0.3 is 10.7 Å². The van der Waals surface area contributed by atoms with E-state index in [0.29, 0.717) is 11.3 Å². The molecular formula is C12H21N3. The van der Waals surface area contributed by atoms with Gasteiger partial charge in [-0.3, -0.25) is 0 Å². The zero-order valence-electron chi connectivity index (χ0n) is 9.88. The lowest BCUT2D eigenvalue weighted by Gasteiger charge is -2.44. The van der Waals surface area contributed by atoms with Crippen molar-refractivity contribution in [3.8, 4) is 0 Å². The van der Waals surface area contributed by atoms with Gasteiger partial charge in [0.05, 0.1) is 5.54 Å². The lowest BCUT2D eigenvalue weighted by Crippen LogP contribution is -2.47. The second-order valence-corrected chi connectivity index (χ2v) is 5.95. The molecule has 0 bridgehead atoms. The molecule has 1 aromatic heterocycles. The minimum Gasteiger partial charge on any atom is -0.347 e. The molecular weight excluding hydrogens is 186 g/mol. The predicted molar refractivity (Wildman–Crippen MR) is 61.2 cm³/mol. The Morgan fingerprint density at radius 1 is 1.47 bits per heavy atom. The van der Waals surface area contributed by atoms with Gasteiger partial charge in [0, 0.05) is 12.4 Å². The first-order chi connectivity index (χ1) is 6.91. The first kappa shape index (κ1) is 10.7. The molecule has 1 aromatic rings.